The number of amides is 1. The number of nitriles is 1. The normalized spacial score (nSPS) is 11.7. The number of thiazole rings is 1. The van der Waals surface area contributed by atoms with Crippen molar-refractivity contribution in [1.82, 2.24) is 30.5 Å². The first-order valence-electron chi connectivity index (χ1n) is 10.9. The molecule has 0 aliphatic heterocycles. The number of carbonyl (C=O) groups excluding carboxylic acids is 1. The van der Waals surface area contributed by atoms with Gasteiger partial charge in [0.05, 0.1) is 29.9 Å². The number of hydrogen-bond donors (Lipinski definition) is 3. The van der Waals surface area contributed by atoms with Gasteiger partial charge in [-0.25, -0.2) is 19.3 Å². The minimum Gasteiger partial charge on any atom is -0.364 e. The van der Waals surface area contributed by atoms with Crippen LogP contribution < -0.4 is 10.6 Å². The number of pyridine rings is 2. The van der Waals surface area contributed by atoms with Crippen molar-refractivity contribution in [3.05, 3.63) is 88.6 Å². The van der Waals surface area contributed by atoms with Gasteiger partial charge < -0.3 is 10.6 Å². The number of halogens is 1. The molecule has 178 valence electrons. The molecule has 0 spiro atoms. The van der Waals surface area contributed by atoms with Gasteiger partial charge in [-0.1, -0.05) is 12.1 Å². The zero-order valence-corrected chi connectivity index (χ0v) is 19.8. The molecule has 5 aromatic rings. The number of aromatic amines is 1. The lowest BCUT2D eigenvalue weighted by Gasteiger charge is -2.16. The van der Waals surface area contributed by atoms with Crippen molar-refractivity contribution in [3.8, 4) is 16.6 Å². The van der Waals surface area contributed by atoms with Crippen molar-refractivity contribution >= 4 is 34.1 Å². The van der Waals surface area contributed by atoms with Gasteiger partial charge in [0.25, 0.3) is 5.91 Å². The van der Waals surface area contributed by atoms with Gasteiger partial charge >= 0.3 is 0 Å². The molecule has 0 aliphatic carbocycles. The average molecular weight is 499 g/mol. The molecule has 0 bridgehead atoms. The number of benzene rings is 1. The van der Waals surface area contributed by atoms with Gasteiger partial charge in [-0.2, -0.15) is 10.4 Å². The van der Waals surface area contributed by atoms with E-state index < -0.39 is 5.91 Å². The molecule has 4 aromatic heterocycles. The first kappa shape index (κ1) is 23.1. The van der Waals surface area contributed by atoms with E-state index >= 15 is 0 Å². The smallest absolute Gasteiger partial charge is 0.255 e. The molecule has 5 rings (SSSR count). The Balaban J connectivity index is 1.32. The molecule has 1 atom stereocenters. The Hall–Kier alpha value is -4.69. The third-order valence-corrected chi connectivity index (χ3v) is 6.55. The molecule has 1 amide bonds. The molecule has 3 N–H and O–H groups in total. The molecule has 1 aromatic carbocycles. The fraction of sp³-hybridized carbons (Fsp3) is 0.120. The Morgan fingerprint density at radius 2 is 1.97 bits per heavy atom. The van der Waals surface area contributed by atoms with Crippen LogP contribution >= 0.6 is 11.3 Å². The highest BCUT2D eigenvalue weighted by Crippen LogP contribution is 2.27. The van der Waals surface area contributed by atoms with Crippen molar-refractivity contribution in [3.63, 3.8) is 0 Å². The maximum Gasteiger partial charge on any atom is 0.255 e. The van der Waals surface area contributed by atoms with Crippen molar-refractivity contribution in [1.29, 1.82) is 5.26 Å². The van der Waals surface area contributed by atoms with E-state index in [9.17, 15) is 14.4 Å². The zero-order valence-electron chi connectivity index (χ0n) is 19.0. The molecular formula is C25H19FN8OS. The van der Waals surface area contributed by atoms with Crippen LogP contribution in [0.4, 0.5) is 10.2 Å². The largest absolute Gasteiger partial charge is 0.364 e. The first-order valence-corrected chi connectivity index (χ1v) is 11.8. The number of carbonyl (C=O) groups is 1. The second kappa shape index (κ2) is 9.89. The van der Waals surface area contributed by atoms with E-state index in [1.54, 1.807) is 37.6 Å². The monoisotopic (exact) mass is 498 g/mol. The molecule has 11 heteroatoms. The van der Waals surface area contributed by atoms with Gasteiger partial charge in [0.2, 0.25) is 0 Å². The Bertz CT molecular complexity index is 1590. The summed E-state index contributed by atoms with van der Waals surface area (Å²) >= 11 is 1.49. The molecule has 0 fully saturated rings. The number of aromatic nitrogens is 5. The van der Waals surface area contributed by atoms with E-state index in [0.29, 0.717) is 18.0 Å². The van der Waals surface area contributed by atoms with Gasteiger partial charge in [-0.15, -0.1) is 11.3 Å². The van der Waals surface area contributed by atoms with Gasteiger partial charge in [-0.3, -0.25) is 9.89 Å². The third-order valence-electron chi connectivity index (χ3n) is 5.50. The Morgan fingerprint density at radius 1 is 1.14 bits per heavy atom. The number of nitrogens with one attached hydrogen (secondary N) is 3. The molecule has 36 heavy (non-hydrogen) atoms. The van der Waals surface area contributed by atoms with Crippen LogP contribution in [-0.2, 0) is 6.54 Å². The molecule has 0 radical (unpaired) electrons. The van der Waals surface area contributed by atoms with Gasteiger partial charge in [0, 0.05) is 34.4 Å². The quantitative estimate of drug-likeness (QED) is 0.299. The van der Waals surface area contributed by atoms with Crippen molar-refractivity contribution in [2.75, 3.05) is 5.32 Å². The first-order chi connectivity index (χ1) is 17.5. The lowest BCUT2D eigenvalue weighted by Crippen LogP contribution is -2.28. The molecule has 0 aliphatic rings. The topological polar surface area (TPSA) is 132 Å². The Kier molecular flexibility index (Phi) is 6.34. The van der Waals surface area contributed by atoms with E-state index in [2.05, 4.69) is 35.8 Å². The van der Waals surface area contributed by atoms with Crippen molar-refractivity contribution < 1.29 is 9.18 Å². The summed E-state index contributed by atoms with van der Waals surface area (Å²) in [6.07, 6.45) is 6.62. The molecule has 1 unspecified atom stereocenters. The molecule has 4 heterocycles. The van der Waals surface area contributed by atoms with Crippen LogP contribution in [0.2, 0.25) is 0 Å². The number of anilines is 1. The maximum atomic E-state index is 13.2. The van der Waals surface area contributed by atoms with E-state index in [1.807, 2.05) is 12.1 Å². The predicted octanol–water partition coefficient (Wildman–Crippen LogP) is 4.59. The fourth-order valence-electron chi connectivity index (χ4n) is 3.60. The highest BCUT2D eigenvalue weighted by molar-refractivity contribution is 7.15. The number of H-pyrrole nitrogens is 1. The highest BCUT2D eigenvalue weighted by Gasteiger charge is 2.18. The summed E-state index contributed by atoms with van der Waals surface area (Å²) in [5, 5.41) is 23.9. The van der Waals surface area contributed by atoms with E-state index in [1.165, 1.54) is 35.7 Å². The Labute approximate surface area is 209 Å². The molecule has 9 nitrogen and oxygen atoms in total. The second-order valence-electron chi connectivity index (χ2n) is 8.00. The van der Waals surface area contributed by atoms with Crippen LogP contribution in [0, 0.1) is 17.1 Å². The van der Waals surface area contributed by atoms with Crippen molar-refractivity contribution in [2.45, 2.75) is 19.5 Å². The van der Waals surface area contributed by atoms with Crippen LogP contribution in [0.25, 0.3) is 21.6 Å². The number of rotatable bonds is 7. The zero-order chi connectivity index (χ0) is 25.1. The van der Waals surface area contributed by atoms with Crippen LogP contribution in [-0.4, -0.2) is 31.1 Å². The summed E-state index contributed by atoms with van der Waals surface area (Å²) in [5.74, 6) is -0.406. The third kappa shape index (κ3) is 4.89. The molecule has 0 saturated heterocycles. The van der Waals surface area contributed by atoms with E-state index in [4.69, 9.17) is 0 Å². The van der Waals surface area contributed by atoms with Gasteiger partial charge in [0.15, 0.2) is 5.65 Å². The van der Waals surface area contributed by atoms with Crippen LogP contribution in [0.3, 0.4) is 0 Å². The fourth-order valence-corrected chi connectivity index (χ4v) is 4.43. The maximum absolute atomic E-state index is 13.2. The average Bonchev–Trinajstić information content (AvgIpc) is 3.57. The van der Waals surface area contributed by atoms with E-state index in [-0.39, 0.29) is 23.0 Å². The standard InChI is InChI=1S/C25H19FN8OS/c1-14(16-2-4-19(26)5-3-16)33-24(35)21-6-15(8-27)9-28-23(21)30-12-20-13-31-25(36-20)18-7-17-11-32-34-22(17)29-10-18/h2-7,9-11,13-14H,12H2,1H3,(H,28,30)(H,33,35)(H,29,32,34). The second-order valence-corrected chi connectivity index (χ2v) is 9.11. The van der Waals surface area contributed by atoms with Crippen LogP contribution in [0.5, 0.6) is 0 Å². The molecule has 0 saturated carbocycles. The summed E-state index contributed by atoms with van der Waals surface area (Å²) in [4.78, 5) is 27.1. The summed E-state index contributed by atoms with van der Waals surface area (Å²) in [6.45, 7) is 2.18. The summed E-state index contributed by atoms with van der Waals surface area (Å²) in [7, 11) is 0. The molecular weight excluding hydrogens is 479 g/mol. The number of fused-ring (bicyclic) bond motifs is 1. The Morgan fingerprint density at radius 3 is 2.78 bits per heavy atom. The van der Waals surface area contributed by atoms with Gasteiger partial charge in [-0.05, 0) is 36.8 Å². The number of nitrogens with zero attached hydrogens (tertiary/aromatic N) is 5. The highest BCUT2D eigenvalue weighted by atomic mass is 32.1. The predicted molar refractivity (Wildman–Crippen MR) is 134 cm³/mol. The summed E-state index contributed by atoms with van der Waals surface area (Å²) in [6, 6.07) is 11.0. The van der Waals surface area contributed by atoms with E-state index in [0.717, 1.165) is 26.4 Å². The lowest BCUT2D eigenvalue weighted by atomic mass is 10.1. The van der Waals surface area contributed by atoms with Crippen LogP contribution in [0.15, 0.2) is 61.2 Å². The lowest BCUT2D eigenvalue weighted by molar-refractivity contribution is 0.0940. The summed E-state index contributed by atoms with van der Waals surface area (Å²) < 4.78 is 13.2. The number of hydrogen-bond acceptors (Lipinski definition) is 8. The van der Waals surface area contributed by atoms with Crippen LogP contribution in [0.1, 0.15) is 39.3 Å². The minimum absolute atomic E-state index is 0.238. The van der Waals surface area contributed by atoms with Crippen molar-refractivity contribution in [2.24, 2.45) is 0 Å². The SMILES string of the molecule is CC(NC(=O)c1cc(C#N)cnc1NCc1cnc(-c2cnc3[nH]ncc3c2)s1)c1ccc(F)cc1. The summed E-state index contributed by atoms with van der Waals surface area (Å²) in [5.41, 5.74) is 2.85. The minimum atomic E-state index is -0.400. The van der Waals surface area contributed by atoms with Gasteiger partial charge in [0.1, 0.15) is 22.7 Å².